The molecule has 1 fully saturated rings. The van der Waals surface area contributed by atoms with Crippen LogP contribution in [0.3, 0.4) is 0 Å². The molecule has 2 aromatic heterocycles. The monoisotopic (exact) mass is 363 g/mol. The van der Waals surface area contributed by atoms with E-state index in [2.05, 4.69) is 22.9 Å². The first-order valence-corrected chi connectivity index (χ1v) is 9.52. The van der Waals surface area contributed by atoms with Crippen molar-refractivity contribution in [2.75, 3.05) is 26.2 Å². The zero-order valence-electron chi connectivity index (χ0n) is 15.9. The van der Waals surface area contributed by atoms with Crippen LogP contribution in [-0.4, -0.2) is 46.9 Å². The lowest BCUT2D eigenvalue weighted by Crippen LogP contribution is -2.35. The Labute approximate surface area is 159 Å². The number of hydrogen-bond donors (Lipinski definition) is 0. The Kier molecular flexibility index (Phi) is 4.94. The molecular weight excluding hydrogens is 338 g/mol. The van der Waals surface area contributed by atoms with Crippen molar-refractivity contribution in [3.8, 4) is 0 Å². The van der Waals surface area contributed by atoms with E-state index < -0.39 is 0 Å². The number of rotatable bonds is 3. The van der Waals surface area contributed by atoms with E-state index in [0.717, 1.165) is 55.7 Å². The molecular formula is C22H25N3O2. The Morgan fingerprint density at radius 2 is 1.89 bits per heavy atom. The van der Waals surface area contributed by atoms with Gasteiger partial charge in [0.2, 0.25) is 0 Å². The fourth-order valence-corrected chi connectivity index (χ4v) is 3.76. The quantitative estimate of drug-likeness (QED) is 0.710. The Bertz CT molecular complexity index is 949. The number of carbonyl (C=O) groups is 1. The number of nitrogens with zero attached hydrogens (tertiary/aromatic N) is 3. The van der Waals surface area contributed by atoms with Crippen LogP contribution in [0.25, 0.3) is 11.0 Å². The average Bonchev–Trinajstić information content (AvgIpc) is 2.85. The molecule has 0 spiro atoms. The molecule has 5 nitrogen and oxygen atoms in total. The largest absolute Gasteiger partial charge is 0.451 e. The van der Waals surface area contributed by atoms with Gasteiger partial charge < -0.3 is 9.32 Å². The fourth-order valence-electron chi connectivity index (χ4n) is 3.76. The highest BCUT2D eigenvalue weighted by Gasteiger charge is 2.25. The molecule has 1 aliphatic heterocycles. The van der Waals surface area contributed by atoms with Crippen LogP contribution in [0.2, 0.25) is 0 Å². The minimum atomic E-state index is 0.00659. The van der Waals surface area contributed by atoms with E-state index >= 15 is 0 Å². The third kappa shape index (κ3) is 3.74. The Hall–Kier alpha value is -2.66. The number of aryl methyl sites for hydroxylation is 2. The van der Waals surface area contributed by atoms with Crippen molar-refractivity contribution >= 4 is 16.9 Å². The maximum atomic E-state index is 13.1. The van der Waals surface area contributed by atoms with Crippen molar-refractivity contribution in [2.24, 2.45) is 0 Å². The molecule has 3 heterocycles. The smallest absolute Gasteiger partial charge is 0.289 e. The van der Waals surface area contributed by atoms with E-state index in [1.54, 1.807) is 0 Å². The van der Waals surface area contributed by atoms with E-state index in [1.165, 1.54) is 11.1 Å². The summed E-state index contributed by atoms with van der Waals surface area (Å²) in [5.74, 6) is 0.491. The van der Waals surface area contributed by atoms with Crippen molar-refractivity contribution in [1.29, 1.82) is 0 Å². The first kappa shape index (κ1) is 17.7. The van der Waals surface area contributed by atoms with Crippen LogP contribution in [0.15, 0.2) is 47.1 Å². The lowest BCUT2D eigenvalue weighted by Gasteiger charge is -2.21. The molecule has 0 N–H and O–H groups in total. The molecule has 1 saturated heterocycles. The van der Waals surface area contributed by atoms with E-state index in [4.69, 9.17) is 4.42 Å². The first-order valence-electron chi connectivity index (χ1n) is 9.52. The summed E-state index contributed by atoms with van der Waals surface area (Å²) >= 11 is 0. The molecule has 0 aliphatic carbocycles. The number of benzene rings is 1. The molecule has 0 atom stereocenters. The van der Waals surface area contributed by atoms with Gasteiger partial charge in [-0.05, 0) is 50.1 Å². The Balaban J connectivity index is 1.47. The van der Waals surface area contributed by atoms with Gasteiger partial charge in [-0.2, -0.15) is 0 Å². The van der Waals surface area contributed by atoms with Gasteiger partial charge >= 0.3 is 0 Å². The summed E-state index contributed by atoms with van der Waals surface area (Å²) in [4.78, 5) is 21.5. The third-order valence-corrected chi connectivity index (χ3v) is 5.32. The summed E-state index contributed by atoms with van der Waals surface area (Å²) in [5.41, 5.74) is 4.16. The van der Waals surface area contributed by atoms with Gasteiger partial charge in [0.25, 0.3) is 5.91 Å². The number of hydrogen-bond acceptors (Lipinski definition) is 4. The Morgan fingerprint density at radius 3 is 2.70 bits per heavy atom. The molecule has 1 amide bonds. The van der Waals surface area contributed by atoms with Crippen molar-refractivity contribution in [3.05, 3.63) is 65.2 Å². The predicted octanol–water partition coefficient (Wildman–Crippen LogP) is 3.79. The summed E-state index contributed by atoms with van der Waals surface area (Å²) < 4.78 is 5.92. The van der Waals surface area contributed by atoms with Crippen LogP contribution in [0.4, 0.5) is 0 Å². The van der Waals surface area contributed by atoms with Crippen LogP contribution >= 0.6 is 0 Å². The van der Waals surface area contributed by atoms with Crippen LogP contribution in [0, 0.1) is 13.8 Å². The van der Waals surface area contributed by atoms with E-state index in [-0.39, 0.29) is 5.91 Å². The number of fused-ring (bicyclic) bond motifs is 1. The lowest BCUT2D eigenvalue weighted by molar-refractivity contribution is 0.0730. The second-order valence-electron chi connectivity index (χ2n) is 7.33. The van der Waals surface area contributed by atoms with Gasteiger partial charge in [-0.15, -0.1) is 0 Å². The molecule has 27 heavy (non-hydrogen) atoms. The molecule has 1 aliphatic rings. The zero-order chi connectivity index (χ0) is 18.8. The van der Waals surface area contributed by atoms with Crippen molar-refractivity contribution in [1.82, 2.24) is 14.8 Å². The molecule has 0 radical (unpaired) electrons. The summed E-state index contributed by atoms with van der Waals surface area (Å²) in [6.45, 7) is 8.27. The molecule has 0 bridgehead atoms. The van der Waals surface area contributed by atoms with Gasteiger partial charge in [-0.25, -0.2) is 0 Å². The normalized spacial score (nSPS) is 15.9. The average molecular weight is 363 g/mol. The summed E-state index contributed by atoms with van der Waals surface area (Å²) in [5, 5.41) is 1.03. The topological polar surface area (TPSA) is 49.6 Å². The summed E-state index contributed by atoms with van der Waals surface area (Å²) in [6, 6.07) is 10.2. The second kappa shape index (κ2) is 7.53. The number of furan rings is 1. The van der Waals surface area contributed by atoms with Crippen LogP contribution in [-0.2, 0) is 6.54 Å². The first-order chi connectivity index (χ1) is 13.1. The van der Waals surface area contributed by atoms with E-state index in [1.807, 2.05) is 48.5 Å². The molecule has 0 unspecified atom stereocenters. The highest BCUT2D eigenvalue weighted by Crippen LogP contribution is 2.27. The highest BCUT2D eigenvalue weighted by atomic mass is 16.3. The fraction of sp³-hybridized carbons (Fsp3) is 0.364. The predicted molar refractivity (Wildman–Crippen MR) is 106 cm³/mol. The summed E-state index contributed by atoms with van der Waals surface area (Å²) in [6.07, 6.45) is 4.62. The molecule has 4 rings (SSSR count). The number of amides is 1. The standard InChI is InChI=1S/C22H25N3O2/c1-16-4-5-20-19(14-16)17(2)21(27-20)22(26)25-11-3-10-24(12-13-25)15-18-6-8-23-9-7-18/h4-9,14H,3,10-13,15H2,1-2H3. The third-order valence-electron chi connectivity index (χ3n) is 5.32. The van der Waals surface area contributed by atoms with E-state index in [0.29, 0.717) is 5.76 Å². The van der Waals surface area contributed by atoms with Gasteiger partial charge in [-0.3, -0.25) is 14.7 Å². The zero-order valence-corrected chi connectivity index (χ0v) is 15.9. The maximum Gasteiger partial charge on any atom is 0.289 e. The SMILES string of the molecule is Cc1ccc2oc(C(=O)N3CCCN(Cc4ccncc4)CC3)c(C)c2c1. The van der Waals surface area contributed by atoms with Crippen molar-refractivity contribution in [3.63, 3.8) is 0 Å². The molecule has 140 valence electrons. The van der Waals surface area contributed by atoms with Crippen molar-refractivity contribution < 1.29 is 9.21 Å². The van der Waals surface area contributed by atoms with Gasteiger partial charge in [0.1, 0.15) is 5.58 Å². The number of aromatic nitrogens is 1. The molecule has 1 aromatic carbocycles. The minimum absolute atomic E-state index is 0.00659. The van der Waals surface area contributed by atoms with E-state index in [9.17, 15) is 4.79 Å². The molecule has 5 heteroatoms. The van der Waals surface area contributed by atoms with Gasteiger partial charge in [0.15, 0.2) is 5.76 Å². The summed E-state index contributed by atoms with van der Waals surface area (Å²) in [7, 11) is 0. The molecule has 3 aromatic rings. The maximum absolute atomic E-state index is 13.1. The van der Waals surface area contributed by atoms with Gasteiger partial charge in [-0.1, -0.05) is 11.6 Å². The molecule has 0 saturated carbocycles. The number of carbonyl (C=O) groups excluding carboxylic acids is 1. The van der Waals surface area contributed by atoms with Crippen LogP contribution in [0.1, 0.15) is 33.7 Å². The Morgan fingerprint density at radius 1 is 1.07 bits per heavy atom. The minimum Gasteiger partial charge on any atom is -0.451 e. The highest BCUT2D eigenvalue weighted by molar-refractivity contribution is 5.99. The van der Waals surface area contributed by atoms with Gasteiger partial charge in [0, 0.05) is 56.1 Å². The number of pyridine rings is 1. The second-order valence-corrected chi connectivity index (χ2v) is 7.33. The van der Waals surface area contributed by atoms with Crippen molar-refractivity contribution in [2.45, 2.75) is 26.8 Å². The van der Waals surface area contributed by atoms with Gasteiger partial charge in [0.05, 0.1) is 0 Å². The van der Waals surface area contributed by atoms with Crippen LogP contribution in [0.5, 0.6) is 0 Å². The lowest BCUT2D eigenvalue weighted by atomic mass is 10.1. The van der Waals surface area contributed by atoms with Crippen LogP contribution < -0.4 is 0 Å².